The minimum Gasteiger partial charge on any atom is -0.385 e. The van der Waals surface area contributed by atoms with Crippen LogP contribution in [0.25, 0.3) is 0 Å². The number of nitrogens with zero attached hydrogens (tertiary/aromatic N) is 1. The van der Waals surface area contributed by atoms with Crippen LogP contribution in [-0.2, 0) is 4.74 Å². The standard InChI is InChI=1S/C17H26N2O2/c1-5-8-18-15-7-6-14(11-13(15)2)16(20)19-9-10-21-17(3,4)12-19/h6-7,11,18H,5,8-10,12H2,1-4H3. The van der Waals surface area contributed by atoms with Crippen molar-refractivity contribution in [1.82, 2.24) is 4.90 Å². The molecule has 0 saturated carbocycles. The van der Waals surface area contributed by atoms with Gasteiger partial charge in [0.2, 0.25) is 0 Å². The van der Waals surface area contributed by atoms with Crippen LogP contribution < -0.4 is 5.32 Å². The Morgan fingerprint density at radius 3 is 2.81 bits per heavy atom. The van der Waals surface area contributed by atoms with E-state index < -0.39 is 0 Å². The predicted molar refractivity (Wildman–Crippen MR) is 85.9 cm³/mol. The van der Waals surface area contributed by atoms with E-state index in [1.54, 1.807) is 0 Å². The number of ether oxygens (including phenoxy) is 1. The molecule has 1 heterocycles. The molecule has 1 saturated heterocycles. The maximum Gasteiger partial charge on any atom is 0.254 e. The Hall–Kier alpha value is -1.55. The Bertz CT molecular complexity index is 512. The molecule has 2 rings (SSSR count). The van der Waals surface area contributed by atoms with E-state index in [2.05, 4.69) is 12.2 Å². The Labute approximate surface area is 127 Å². The van der Waals surface area contributed by atoms with Crippen molar-refractivity contribution in [2.45, 2.75) is 39.7 Å². The van der Waals surface area contributed by atoms with Crippen molar-refractivity contribution in [3.63, 3.8) is 0 Å². The van der Waals surface area contributed by atoms with Gasteiger partial charge < -0.3 is 15.0 Å². The number of nitrogens with one attached hydrogen (secondary N) is 1. The average Bonchev–Trinajstić information content (AvgIpc) is 2.44. The van der Waals surface area contributed by atoms with Crippen molar-refractivity contribution in [1.29, 1.82) is 0 Å². The minimum atomic E-state index is -0.258. The van der Waals surface area contributed by atoms with E-state index in [1.807, 2.05) is 43.9 Å². The van der Waals surface area contributed by atoms with Gasteiger partial charge in [0.25, 0.3) is 5.91 Å². The van der Waals surface area contributed by atoms with Gasteiger partial charge in [0.1, 0.15) is 0 Å². The molecule has 4 heteroatoms. The number of hydrogen-bond donors (Lipinski definition) is 1. The first kappa shape index (κ1) is 15.8. The van der Waals surface area contributed by atoms with Crippen molar-refractivity contribution in [3.8, 4) is 0 Å². The molecule has 0 aromatic heterocycles. The van der Waals surface area contributed by atoms with Crippen molar-refractivity contribution in [2.24, 2.45) is 0 Å². The fourth-order valence-electron chi connectivity index (χ4n) is 2.63. The first-order valence-corrected chi connectivity index (χ1v) is 7.71. The molecule has 21 heavy (non-hydrogen) atoms. The lowest BCUT2D eigenvalue weighted by Gasteiger charge is -2.38. The van der Waals surface area contributed by atoms with Crippen LogP contribution in [0.1, 0.15) is 43.1 Å². The smallest absolute Gasteiger partial charge is 0.254 e. The second-order valence-electron chi connectivity index (χ2n) is 6.29. The molecular weight excluding hydrogens is 264 g/mol. The lowest BCUT2D eigenvalue weighted by molar-refractivity contribution is -0.0764. The minimum absolute atomic E-state index is 0.0940. The van der Waals surface area contributed by atoms with Crippen molar-refractivity contribution >= 4 is 11.6 Å². The molecule has 0 unspecified atom stereocenters. The molecule has 0 spiro atoms. The summed E-state index contributed by atoms with van der Waals surface area (Å²) in [6.45, 7) is 11.1. The summed E-state index contributed by atoms with van der Waals surface area (Å²) in [7, 11) is 0. The highest BCUT2D eigenvalue weighted by Crippen LogP contribution is 2.21. The number of amides is 1. The summed E-state index contributed by atoms with van der Waals surface area (Å²) in [5, 5.41) is 3.38. The van der Waals surface area contributed by atoms with Crippen molar-refractivity contribution < 1.29 is 9.53 Å². The third-order valence-electron chi connectivity index (χ3n) is 3.75. The molecule has 0 bridgehead atoms. The number of benzene rings is 1. The maximum atomic E-state index is 12.6. The van der Waals surface area contributed by atoms with E-state index in [0.29, 0.717) is 19.7 Å². The largest absolute Gasteiger partial charge is 0.385 e. The van der Waals surface area contributed by atoms with Gasteiger partial charge in [-0.15, -0.1) is 0 Å². The molecule has 0 atom stereocenters. The number of anilines is 1. The third kappa shape index (κ3) is 3.97. The van der Waals surface area contributed by atoms with E-state index in [1.165, 1.54) is 0 Å². The third-order valence-corrected chi connectivity index (χ3v) is 3.75. The molecule has 1 aromatic rings. The van der Waals surface area contributed by atoms with Gasteiger partial charge in [0.05, 0.1) is 12.2 Å². The molecule has 0 aliphatic carbocycles. The van der Waals surface area contributed by atoms with Crippen molar-refractivity contribution in [3.05, 3.63) is 29.3 Å². The predicted octanol–water partition coefficient (Wildman–Crippen LogP) is 3.07. The second-order valence-corrected chi connectivity index (χ2v) is 6.29. The molecular formula is C17H26N2O2. The fourth-order valence-corrected chi connectivity index (χ4v) is 2.63. The Morgan fingerprint density at radius 2 is 2.19 bits per heavy atom. The lowest BCUT2D eigenvalue weighted by Crippen LogP contribution is -2.50. The summed E-state index contributed by atoms with van der Waals surface area (Å²) < 4.78 is 5.66. The van der Waals surface area contributed by atoms with Crippen LogP contribution >= 0.6 is 0 Å². The highest BCUT2D eigenvalue weighted by atomic mass is 16.5. The van der Waals surface area contributed by atoms with Crippen LogP contribution in [0.4, 0.5) is 5.69 Å². The summed E-state index contributed by atoms with van der Waals surface area (Å²) >= 11 is 0. The summed E-state index contributed by atoms with van der Waals surface area (Å²) in [6.07, 6.45) is 1.09. The number of morpholine rings is 1. The maximum absolute atomic E-state index is 12.6. The molecule has 4 nitrogen and oxygen atoms in total. The van der Waals surface area contributed by atoms with Gasteiger partial charge in [-0.25, -0.2) is 0 Å². The number of carbonyl (C=O) groups excluding carboxylic acids is 1. The lowest BCUT2D eigenvalue weighted by atomic mass is 10.0. The van der Waals surface area contributed by atoms with Gasteiger partial charge in [-0.05, 0) is 51.0 Å². The highest BCUT2D eigenvalue weighted by molar-refractivity contribution is 5.95. The van der Waals surface area contributed by atoms with Gasteiger partial charge in [-0.3, -0.25) is 4.79 Å². The summed E-state index contributed by atoms with van der Waals surface area (Å²) in [6, 6.07) is 5.89. The zero-order valence-corrected chi connectivity index (χ0v) is 13.5. The Balaban J connectivity index is 2.10. The van der Waals surface area contributed by atoms with Crippen LogP contribution in [0.2, 0.25) is 0 Å². The average molecular weight is 290 g/mol. The Kier molecular flexibility index (Phi) is 4.88. The molecule has 1 fully saturated rings. The monoisotopic (exact) mass is 290 g/mol. The van der Waals surface area contributed by atoms with E-state index >= 15 is 0 Å². The van der Waals surface area contributed by atoms with Crippen LogP contribution in [0.3, 0.4) is 0 Å². The second kappa shape index (κ2) is 6.48. The zero-order valence-electron chi connectivity index (χ0n) is 13.5. The van der Waals surface area contributed by atoms with Crippen LogP contribution in [-0.4, -0.2) is 42.6 Å². The van der Waals surface area contributed by atoms with E-state index in [4.69, 9.17) is 4.74 Å². The molecule has 1 amide bonds. The molecule has 0 radical (unpaired) electrons. The molecule has 1 aliphatic heterocycles. The molecule has 1 aliphatic rings. The molecule has 1 N–H and O–H groups in total. The zero-order chi connectivity index (χ0) is 15.5. The first-order chi connectivity index (χ1) is 9.93. The normalized spacial score (nSPS) is 17.6. The molecule has 116 valence electrons. The van der Waals surface area contributed by atoms with Crippen LogP contribution in [0.5, 0.6) is 0 Å². The van der Waals surface area contributed by atoms with Crippen molar-refractivity contribution in [2.75, 3.05) is 31.6 Å². The topological polar surface area (TPSA) is 41.6 Å². The van der Waals surface area contributed by atoms with Gasteiger partial charge >= 0.3 is 0 Å². The Morgan fingerprint density at radius 1 is 1.43 bits per heavy atom. The van der Waals surface area contributed by atoms with Crippen LogP contribution in [0.15, 0.2) is 18.2 Å². The number of hydrogen-bond acceptors (Lipinski definition) is 3. The van der Waals surface area contributed by atoms with E-state index in [9.17, 15) is 4.79 Å². The van der Waals surface area contributed by atoms with Crippen LogP contribution in [0, 0.1) is 6.92 Å². The summed E-state index contributed by atoms with van der Waals surface area (Å²) in [5.74, 6) is 0.0940. The number of rotatable bonds is 4. The van der Waals surface area contributed by atoms with Gasteiger partial charge in [0.15, 0.2) is 0 Å². The van der Waals surface area contributed by atoms with Gasteiger partial charge in [-0.1, -0.05) is 6.92 Å². The first-order valence-electron chi connectivity index (χ1n) is 7.71. The summed E-state index contributed by atoms with van der Waals surface area (Å²) in [5.41, 5.74) is 2.72. The number of carbonyl (C=O) groups is 1. The SMILES string of the molecule is CCCNc1ccc(C(=O)N2CCOC(C)(C)C2)cc1C. The number of aryl methyl sites for hydroxylation is 1. The van der Waals surface area contributed by atoms with Gasteiger partial charge in [-0.2, -0.15) is 0 Å². The quantitative estimate of drug-likeness (QED) is 0.926. The van der Waals surface area contributed by atoms with Gasteiger partial charge in [0, 0.05) is 30.9 Å². The van der Waals surface area contributed by atoms with E-state index in [0.717, 1.165) is 29.8 Å². The summed E-state index contributed by atoms with van der Waals surface area (Å²) in [4.78, 5) is 14.5. The fraction of sp³-hybridized carbons (Fsp3) is 0.588. The highest BCUT2D eigenvalue weighted by Gasteiger charge is 2.30. The molecule has 1 aromatic carbocycles. The van der Waals surface area contributed by atoms with E-state index in [-0.39, 0.29) is 11.5 Å².